The first kappa shape index (κ1) is 19.4. The minimum Gasteiger partial charge on any atom is -0.459 e. The first-order valence-electron chi connectivity index (χ1n) is 9.18. The Morgan fingerprint density at radius 3 is 2.70 bits per heavy atom. The van der Waals surface area contributed by atoms with Gasteiger partial charge in [-0.05, 0) is 38.5 Å². The van der Waals surface area contributed by atoms with Crippen LogP contribution in [0.1, 0.15) is 33.5 Å². The van der Waals surface area contributed by atoms with Crippen LogP contribution in [-0.4, -0.2) is 49.7 Å². The smallest absolute Gasteiger partial charge is 0.410 e. The predicted molar refractivity (Wildman–Crippen MR) is 103 cm³/mol. The van der Waals surface area contributed by atoms with Crippen molar-refractivity contribution in [1.82, 2.24) is 4.90 Å². The molecule has 3 rings (SSSR count). The molecule has 146 valence electrons. The molecule has 3 heterocycles. The van der Waals surface area contributed by atoms with Gasteiger partial charge in [0.2, 0.25) is 0 Å². The van der Waals surface area contributed by atoms with Crippen LogP contribution in [0.4, 0.5) is 9.80 Å². The predicted octanol–water partition coefficient (Wildman–Crippen LogP) is 2.07. The molecule has 27 heavy (non-hydrogen) atoms. The van der Waals surface area contributed by atoms with E-state index in [1.54, 1.807) is 28.4 Å². The van der Waals surface area contributed by atoms with E-state index in [1.165, 1.54) is 21.6 Å². The molecule has 0 aromatic carbocycles. The van der Waals surface area contributed by atoms with E-state index in [1.807, 2.05) is 6.92 Å². The summed E-state index contributed by atoms with van der Waals surface area (Å²) in [6.45, 7) is 10.3. The maximum Gasteiger partial charge on any atom is 0.410 e. The number of ether oxygens (including phenoxy) is 1. The van der Waals surface area contributed by atoms with Crippen LogP contribution in [0.25, 0.3) is 0 Å². The molecule has 0 saturated carbocycles. The molecule has 0 bridgehead atoms. The normalized spacial score (nSPS) is 15.0. The van der Waals surface area contributed by atoms with Gasteiger partial charge >= 0.3 is 6.09 Å². The van der Waals surface area contributed by atoms with Crippen LogP contribution in [0.5, 0.6) is 0 Å². The highest BCUT2D eigenvalue weighted by molar-refractivity contribution is 7.16. The lowest BCUT2D eigenvalue weighted by Gasteiger charge is -2.31. The SMILES string of the molecule is CCOC(=O)N1CC[NH+](Cc2c(NC(=O)c3ccco3)sc(C)c2C)CC1. The molecule has 2 aromatic heterocycles. The zero-order valence-electron chi connectivity index (χ0n) is 16.0. The lowest BCUT2D eigenvalue weighted by molar-refractivity contribution is -0.917. The van der Waals surface area contributed by atoms with Gasteiger partial charge in [-0.2, -0.15) is 0 Å². The molecule has 0 atom stereocenters. The van der Waals surface area contributed by atoms with Gasteiger partial charge in [0.05, 0.1) is 39.0 Å². The molecular formula is C19H26N3O4S+. The monoisotopic (exact) mass is 392 g/mol. The number of rotatable bonds is 5. The zero-order chi connectivity index (χ0) is 19.4. The Kier molecular flexibility index (Phi) is 6.18. The number of thiophene rings is 1. The van der Waals surface area contributed by atoms with Crippen molar-refractivity contribution in [3.8, 4) is 0 Å². The van der Waals surface area contributed by atoms with Crippen LogP contribution in [-0.2, 0) is 11.3 Å². The van der Waals surface area contributed by atoms with Crippen molar-refractivity contribution in [1.29, 1.82) is 0 Å². The van der Waals surface area contributed by atoms with Gasteiger partial charge in [-0.3, -0.25) is 9.69 Å². The van der Waals surface area contributed by atoms with Crippen molar-refractivity contribution < 1.29 is 23.6 Å². The van der Waals surface area contributed by atoms with Crippen LogP contribution in [0.3, 0.4) is 0 Å². The third-order valence-electron chi connectivity index (χ3n) is 4.91. The number of aryl methyl sites for hydroxylation is 1. The molecule has 2 aromatic rings. The van der Waals surface area contributed by atoms with E-state index < -0.39 is 0 Å². The third-order valence-corrected chi connectivity index (χ3v) is 6.07. The third kappa shape index (κ3) is 4.51. The molecular weight excluding hydrogens is 366 g/mol. The molecule has 0 aliphatic carbocycles. The molecule has 0 unspecified atom stereocenters. The highest BCUT2D eigenvalue weighted by atomic mass is 32.1. The average Bonchev–Trinajstić information content (AvgIpc) is 3.28. The van der Waals surface area contributed by atoms with Crippen LogP contribution < -0.4 is 10.2 Å². The van der Waals surface area contributed by atoms with Crippen molar-refractivity contribution in [3.05, 3.63) is 40.2 Å². The molecule has 1 fully saturated rings. The second kappa shape index (κ2) is 8.58. The molecule has 0 radical (unpaired) electrons. The van der Waals surface area contributed by atoms with Crippen LogP contribution in [0.15, 0.2) is 22.8 Å². The van der Waals surface area contributed by atoms with Crippen LogP contribution >= 0.6 is 11.3 Å². The summed E-state index contributed by atoms with van der Waals surface area (Å²) in [5, 5.41) is 3.88. The van der Waals surface area contributed by atoms with E-state index in [4.69, 9.17) is 9.15 Å². The number of hydrogen-bond acceptors (Lipinski definition) is 5. The zero-order valence-corrected chi connectivity index (χ0v) is 16.8. The van der Waals surface area contributed by atoms with Crippen LogP contribution in [0, 0.1) is 13.8 Å². The summed E-state index contributed by atoms with van der Waals surface area (Å²) in [7, 11) is 0. The molecule has 1 aliphatic rings. The van der Waals surface area contributed by atoms with Gasteiger partial charge in [0.15, 0.2) is 5.76 Å². The van der Waals surface area contributed by atoms with Gasteiger partial charge in [-0.15, -0.1) is 11.3 Å². The number of carbonyl (C=O) groups is 2. The summed E-state index contributed by atoms with van der Waals surface area (Å²) in [6, 6.07) is 3.36. The molecule has 0 spiro atoms. The van der Waals surface area contributed by atoms with Crippen molar-refractivity contribution in [2.24, 2.45) is 0 Å². The highest BCUT2D eigenvalue weighted by Gasteiger charge is 2.27. The van der Waals surface area contributed by atoms with Crippen molar-refractivity contribution in [2.45, 2.75) is 27.3 Å². The van der Waals surface area contributed by atoms with Crippen molar-refractivity contribution >= 4 is 28.3 Å². The Morgan fingerprint density at radius 2 is 2.07 bits per heavy atom. The van der Waals surface area contributed by atoms with Crippen molar-refractivity contribution in [3.63, 3.8) is 0 Å². The minimum atomic E-state index is -0.232. The van der Waals surface area contributed by atoms with Gasteiger partial charge in [0, 0.05) is 10.4 Å². The first-order chi connectivity index (χ1) is 13.0. The molecule has 2 N–H and O–H groups in total. The van der Waals surface area contributed by atoms with E-state index in [-0.39, 0.29) is 12.0 Å². The maximum atomic E-state index is 12.4. The number of hydrogen-bond donors (Lipinski definition) is 2. The van der Waals surface area contributed by atoms with Crippen molar-refractivity contribution in [2.75, 3.05) is 38.1 Å². The average molecular weight is 393 g/mol. The van der Waals surface area contributed by atoms with Crippen LogP contribution in [0.2, 0.25) is 0 Å². The molecule has 1 saturated heterocycles. The standard InChI is InChI=1S/C19H25N3O4S/c1-4-25-19(24)22-9-7-21(8-10-22)12-15-13(2)14(3)27-18(15)20-17(23)16-6-5-11-26-16/h5-6,11H,4,7-10,12H2,1-3H3,(H,20,23)/p+1. The second-order valence-corrected chi connectivity index (χ2v) is 7.86. The lowest BCUT2D eigenvalue weighted by Crippen LogP contribution is -3.13. The summed E-state index contributed by atoms with van der Waals surface area (Å²) in [5.74, 6) is 0.0738. The van der Waals surface area contributed by atoms with E-state index in [0.29, 0.717) is 25.5 Å². The number of piperazine rings is 1. The number of nitrogens with one attached hydrogen (secondary N) is 2. The van der Waals surface area contributed by atoms with E-state index >= 15 is 0 Å². The van der Waals surface area contributed by atoms with Gasteiger partial charge in [0.1, 0.15) is 11.5 Å². The number of anilines is 1. The molecule has 2 amide bonds. The van der Waals surface area contributed by atoms with Gasteiger partial charge in [0.25, 0.3) is 5.91 Å². The fourth-order valence-corrected chi connectivity index (χ4v) is 4.28. The van der Waals surface area contributed by atoms with Gasteiger partial charge in [-0.1, -0.05) is 0 Å². The fraction of sp³-hybridized carbons (Fsp3) is 0.474. The van der Waals surface area contributed by atoms with Gasteiger partial charge < -0.3 is 19.4 Å². The van der Waals surface area contributed by atoms with E-state index in [0.717, 1.165) is 30.2 Å². The number of quaternary nitrogens is 1. The van der Waals surface area contributed by atoms with E-state index in [2.05, 4.69) is 19.2 Å². The summed E-state index contributed by atoms with van der Waals surface area (Å²) >= 11 is 1.60. The van der Waals surface area contributed by atoms with Gasteiger partial charge in [-0.25, -0.2) is 4.79 Å². The minimum absolute atomic E-state index is 0.231. The quantitative estimate of drug-likeness (QED) is 0.817. The van der Waals surface area contributed by atoms with E-state index in [9.17, 15) is 9.59 Å². The summed E-state index contributed by atoms with van der Waals surface area (Å²) in [6.07, 6.45) is 1.26. The number of carbonyl (C=O) groups excluding carboxylic acids is 2. The largest absolute Gasteiger partial charge is 0.459 e. The Hall–Kier alpha value is -2.32. The Balaban J connectivity index is 1.65. The lowest BCUT2D eigenvalue weighted by atomic mass is 10.1. The Bertz CT molecular complexity index is 792. The Morgan fingerprint density at radius 1 is 1.33 bits per heavy atom. The second-order valence-electron chi connectivity index (χ2n) is 6.64. The highest BCUT2D eigenvalue weighted by Crippen LogP contribution is 2.32. The maximum absolute atomic E-state index is 12.4. The topological polar surface area (TPSA) is 76.2 Å². The fourth-order valence-electron chi connectivity index (χ4n) is 3.21. The number of amides is 2. The summed E-state index contributed by atoms with van der Waals surface area (Å²) in [5.41, 5.74) is 2.38. The molecule has 8 heteroatoms. The Labute approximate surface area is 162 Å². The number of nitrogens with zero attached hydrogens (tertiary/aromatic N) is 1. The first-order valence-corrected chi connectivity index (χ1v) is 10.00. The molecule has 7 nitrogen and oxygen atoms in total. The summed E-state index contributed by atoms with van der Waals surface area (Å²) in [4.78, 5) is 28.6. The molecule has 1 aliphatic heterocycles. The number of furan rings is 1. The summed E-state index contributed by atoms with van der Waals surface area (Å²) < 4.78 is 10.3.